The first kappa shape index (κ1) is 16.3. The molecule has 0 unspecified atom stereocenters. The molecule has 0 spiro atoms. The van der Waals surface area contributed by atoms with Crippen LogP contribution in [0.15, 0.2) is 23.3 Å². The maximum absolute atomic E-state index is 12.4. The van der Waals surface area contributed by atoms with E-state index in [1.165, 1.54) is 6.07 Å². The summed E-state index contributed by atoms with van der Waals surface area (Å²) in [6.07, 6.45) is -4.86. The molecule has 1 amide bonds. The molecule has 118 valence electrons. The van der Waals surface area contributed by atoms with Gasteiger partial charge in [-0.2, -0.15) is 13.2 Å². The number of alkyl halides is 3. The largest absolute Gasteiger partial charge is 0.471 e. The number of azide groups is 1. The summed E-state index contributed by atoms with van der Waals surface area (Å²) < 4.78 is 37.2. The van der Waals surface area contributed by atoms with Crippen molar-refractivity contribution < 1.29 is 18.0 Å². The Kier molecular flexibility index (Phi) is 4.68. The lowest BCUT2D eigenvalue weighted by atomic mass is 10.2. The highest BCUT2D eigenvalue weighted by molar-refractivity contribution is 6.31. The van der Waals surface area contributed by atoms with Gasteiger partial charge in [-0.3, -0.25) is 4.79 Å². The number of carbonyl (C=O) groups excluding carboxylic acids is 1. The van der Waals surface area contributed by atoms with Crippen molar-refractivity contribution in [1.82, 2.24) is 4.90 Å². The van der Waals surface area contributed by atoms with Crippen molar-refractivity contribution >= 4 is 28.9 Å². The van der Waals surface area contributed by atoms with Crippen LogP contribution < -0.4 is 4.90 Å². The summed E-state index contributed by atoms with van der Waals surface area (Å²) in [6, 6.07) is 4.71. The molecule has 0 aliphatic carbocycles. The van der Waals surface area contributed by atoms with Gasteiger partial charge in [-0.25, -0.2) is 0 Å². The third-order valence-electron chi connectivity index (χ3n) is 3.24. The Morgan fingerprint density at radius 3 is 2.45 bits per heavy atom. The molecule has 1 aromatic carbocycles. The fraction of sp³-hybridized carbons (Fsp3) is 0.417. The van der Waals surface area contributed by atoms with Crippen molar-refractivity contribution in [2.45, 2.75) is 6.18 Å². The molecule has 0 atom stereocenters. The zero-order valence-corrected chi connectivity index (χ0v) is 12.0. The SMILES string of the molecule is [N-]=[N+]=Nc1cc(Cl)ccc1N1CCN(C(=O)C(F)(F)F)CC1. The molecule has 1 heterocycles. The fourth-order valence-electron chi connectivity index (χ4n) is 2.22. The van der Waals surface area contributed by atoms with Crippen molar-refractivity contribution in [3.8, 4) is 0 Å². The second-order valence-corrected chi connectivity index (χ2v) is 5.04. The van der Waals surface area contributed by atoms with Crippen LogP contribution in [0.5, 0.6) is 0 Å². The number of hydrogen-bond donors (Lipinski definition) is 0. The van der Waals surface area contributed by atoms with Crippen LogP contribution in [-0.2, 0) is 4.79 Å². The van der Waals surface area contributed by atoms with Crippen molar-refractivity contribution in [2.75, 3.05) is 31.1 Å². The maximum Gasteiger partial charge on any atom is 0.471 e. The van der Waals surface area contributed by atoms with Gasteiger partial charge in [-0.15, -0.1) is 0 Å². The first-order valence-electron chi connectivity index (χ1n) is 6.28. The Hall–Kier alpha value is -2.12. The molecule has 1 aliphatic heterocycles. The summed E-state index contributed by atoms with van der Waals surface area (Å²) in [5.41, 5.74) is 9.42. The highest BCUT2D eigenvalue weighted by Crippen LogP contribution is 2.32. The lowest BCUT2D eigenvalue weighted by Gasteiger charge is -2.36. The normalized spacial score (nSPS) is 15.5. The minimum absolute atomic E-state index is 0.0589. The Balaban J connectivity index is 2.12. The first-order valence-corrected chi connectivity index (χ1v) is 6.66. The van der Waals surface area contributed by atoms with Gasteiger partial charge in [0.25, 0.3) is 0 Å². The van der Waals surface area contributed by atoms with Gasteiger partial charge in [0.1, 0.15) is 0 Å². The molecule has 0 bridgehead atoms. The fourth-order valence-corrected chi connectivity index (χ4v) is 2.39. The number of carbonyl (C=O) groups is 1. The molecule has 1 fully saturated rings. The van der Waals surface area contributed by atoms with Crippen LogP contribution in [0.4, 0.5) is 24.5 Å². The monoisotopic (exact) mass is 333 g/mol. The zero-order valence-electron chi connectivity index (χ0n) is 11.2. The second-order valence-electron chi connectivity index (χ2n) is 4.60. The minimum Gasteiger partial charge on any atom is -0.368 e. The number of benzene rings is 1. The summed E-state index contributed by atoms with van der Waals surface area (Å²) in [5.74, 6) is -1.83. The van der Waals surface area contributed by atoms with Crippen LogP contribution in [0, 0.1) is 0 Å². The third kappa shape index (κ3) is 3.55. The molecule has 0 aromatic heterocycles. The lowest BCUT2D eigenvalue weighted by molar-refractivity contribution is -0.185. The third-order valence-corrected chi connectivity index (χ3v) is 3.48. The highest BCUT2D eigenvalue weighted by atomic mass is 35.5. The van der Waals surface area contributed by atoms with E-state index in [1.54, 1.807) is 17.0 Å². The summed E-state index contributed by atoms with van der Waals surface area (Å²) in [6.45, 7) is 0.294. The Morgan fingerprint density at radius 2 is 1.91 bits per heavy atom. The first-order chi connectivity index (χ1) is 10.3. The average Bonchev–Trinajstić information content (AvgIpc) is 2.46. The van der Waals surface area contributed by atoms with Gasteiger partial charge in [0.2, 0.25) is 0 Å². The van der Waals surface area contributed by atoms with E-state index in [0.717, 1.165) is 4.90 Å². The van der Waals surface area contributed by atoms with E-state index in [4.69, 9.17) is 17.1 Å². The van der Waals surface area contributed by atoms with Gasteiger partial charge in [0.05, 0.1) is 5.69 Å². The number of amides is 1. The summed E-state index contributed by atoms with van der Waals surface area (Å²) in [4.78, 5) is 16.4. The number of halogens is 4. The van der Waals surface area contributed by atoms with Crippen LogP contribution in [0.25, 0.3) is 10.4 Å². The molecule has 1 aliphatic rings. The van der Waals surface area contributed by atoms with E-state index in [9.17, 15) is 18.0 Å². The van der Waals surface area contributed by atoms with Crippen LogP contribution in [0.1, 0.15) is 0 Å². The molecule has 22 heavy (non-hydrogen) atoms. The Labute approximate surface area is 128 Å². The van der Waals surface area contributed by atoms with E-state index in [-0.39, 0.29) is 26.2 Å². The molecular weight excluding hydrogens is 323 g/mol. The number of anilines is 1. The molecule has 0 saturated carbocycles. The van der Waals surface area contributed by atoms with Crippen LogP contribution >= 0.6 is 11.6 Å². The van der Waals surface area contributed by atoms with Gasteiger partial charge < -0.3 is 9.80 Å². The van der Waals surface area contributed by atoms with E-state index >= 15 is 0 Å². The standard InChI is InChI=1S/C12H11ClF3N5O/c13-8-1-2-10(9(7-8)18-19-17)20-3-5-21(6-4-20)11(22)12(14,15)16/h1-2,7H,3-6H2. The topological polar surface area (TPSA) is 72.3 Å². The summed E-state index contributed by atoms with van der Waals surface area (Å²) in [7, 11) is 0. The van der Waals surface area contributed by atoms with E-state index < -0.39 is 12.1 Å². The molecular formula is C12H11ClF3N5O. The lowest BCUT2D eigenvalue weighted by Crippen LogP contribution is -2.52. The molecule has 2 rings (SSSR count). The summed E-state index contributed by atoms with van der Waals surface area (Å²) in [5, 5.41) is 3.92. The van der Waals surface area contributed by atoms with Gasteiger partial charge in [0, 0.05) is 41.8 Å². The predicted octanol–water partition coefficient (Wildman–Crippen LogP) is 3.49. The smallest absolute Gasteiger partial charge is 0.368 e. The Bertz CT molecular complexity index is 622. The summed E-state index contributed by atoms with van der Waals surface area (Å²) >= 11 is 5.83. The number of nitrogens with zero attached hydrogens (tertiary/aromatic N) is 5. The molecule has 10 heteroatoms. The molecule has 1 saturated heterocycles. The van der Waals surface area contributed by atoms with Gasteiger partial charge in [-0.1, -0.05) is 16.7 Å². The minimum atomic E-state index is -4.86. The molecule has 0 radical (unpaired) electrons. The van der Waals surface area contributed by atoms with Crippen molar-refractivity contribution in [3.05, 3.63) is 33.7 Å². The van der Waals surface area contributed by atoms with Crippen molar-refractivity contribution in [3.63, 3.8) is 0 Å². The predicted molar refractivity (Wildman–Crippen MR) is 75.1 cm³/mol. The van der Waals surface area contributed by atoms with E-state index in [0.29, 0.717) is 16.4 Å². The van der Waals surface area contributed by atoms with Gasteiger partial charge in [0.15, 0.2) is 0 Å². The van der Waals surface area contributed by atoms with Crippen molar-refractivity contribution in [2.24, 2.45) is 5.11 Å². The maximum atomic E-state index is 12.4. The number of hydrogen-bond acceptors (Lipinski definition) is 3. The quantitative estimate of drug-likeness (QED) is 0.472. The van der Waals surface area contributed by atoms with Crippen LogP contribution in [-0.4, -0.2) is 43.2 Å². The molecule has 1 aromatic rings. The number of rotatable bonds is 2. The Morgan fingerprint density at radius 1 is 1.27 bits per heavy atom. The number of piperazine rings is 1. The highest BCUT2D eigenvalue weighted by Gasteiger charge is 2.43. The molecule has 0 N–H and O–H groups in total. The van der Waals surface area contributed by atoms with Crippen LogP contribution in [0.3, 0.4) is 0 Å². The zero-order chi connectivity index (χ0) is 16.3. The molecule has 6 nitrogen and oxygen atoms in total. The van der Waals surface area contributed by atoms with Gasteiger partial charge in [-0.05, 0) is 23.7 Å². The van der Waals surface area contributed by atoms with Crippen LogP contribution in [0.2, 0.25) is 5.02 Å². The average molecular weight is 334 g/mol. The second kappa shape index (κ2) is 6.33. The van der Waals surface area contributed by atoms with E-state index in [1.807, 2.05) is 0 Å². The van der Waals surface area contributed by atoms with E-state index in [2.05, 4.69) is 10.0 Å². The van der Waals surface area contributed by atoms with Gasteiger partial charge >= 0.3 is 12.1 Å². The van der Waals surface area contributed by atoms with Crippen molar-refractivity contribution in [1.29, 1.82) is 0 Å².